The summed E-state index contributed by atoms with van der Waals surface area (Å²) in [5.41, 5.74) is 1.58. The molecule has 2 amide bonds. The van der Waals surface area contributed by atoms with E-state index in [2.05, 4.69) is 10.6 Å². The molecule has 1 aliphatic heterocycles. The Labute approximate surface area is 183 Å². The van der Waals surface area contributed by atoms with E-state index in [1.54, 1.807) is 0 Å². The molecule has 4 rings (SSSR count). The van der Waals surface area contributed by atoms with E-state index in [1.165, 1.54) is 24.3 Å². The first-order valence-electron chi connectivity index (χ1n) is 10.1. The van der Waals surface area contributed by atoms with Crippen molar-refractivity contribution < 1.29 is 23.1 Å². The standard InChI is InChI=1S/C22H22ClF2N3O3/c23-16-11-13(1-4-17(16)24)26-22(30)15-2-5-18(25)21-14(15)3-6-19(21)27-20(29)12-28-7-9-31-10-8-28/h1-2,4-5,11,19H,3,6-10,12H2,(H,26,30)(H,27,29). The molecule has 9 heteroatoms. The average molecular weight is 450 g/mol. The maximum atomic E-state index is 14.6. The van der Waals surface area contributed by atoms with Gasteiger partial charge in [0.2, 0.25) is 5.91 Å². The Morgan fingerprint density at radius 2 is 1.87 bits per heavy atom. The lowest BCUT2D eigenvalue weighted by atomic mass is 10.0. The van der Waals surface area contributed by atoms with Crippen LogP contribution in [-0.4, -0.2) is 49.6 Å². The molecule has 6 nitrogen and oxygen atoms in total. The lowest BCUT2D eigenvalue weighted by Crippen LogP contribution is -2.43. The topological polar surface area (TPSA) is 70.7 Å². The van der Waals surface area contributed by atoms with E-state index in [9.17, 15) is 18.4 Å². The van der Waals surface area contributed by atoms with Gasteiger partial charge >= 0.3 is 0 Å². The summed E-state index contributed by atoms with van der Waals surface area (Å²) in [4.78, 5) is 27.3. The zero-order valence-electron chi connectivity index (χ0n) is 16.7. The molecule has 0 radical (unpaired) electrons. The fourth-order valence-electron chi connectivity index (χ4n) is 4.05. The van der Waals surface area contributed by atoms with Gasteiger partial charge in [-0.05, 0) is 48.7 Å². The number of amides is 2. The Morgan fingerprint density at radius 3 is 2.61 bits per heavy atom. The molecule has 2 aromatic carbocycles. The zero-order valence-corrected chi connectivity index (χ0v) is 17.5. The second-order valence-electron chi connectivity index (χ2n) is 7.62. The lowest BCUT2D eigenvalue weighted by molar-refractivity contribution is -0.124. The van der Waals surface area contributed by atoms with Gasteiger partial charge in [0.1, 0.15) is 11.6 Å². The Kier molecular flexibility index (Phi) is 6.50. The van der Waals surface area contributed by atoms with Crippen LogP contribution < -0.4 is 10.6 Å². The van der Waals surface area contributed by atoms with Crippen molar-refractivity contribution in [1.82, 2.24) is 10.2 Å². The second kappa shape index (κ2) is 9.30. The smallest absolute Gasteiger partial charge is 0.255 e. The van der Waals surface area contributed by atoms with Gasteiger partial charge in [0.25, 0.3) is 5.91 Å². The molecule has 1 fully saturated rings. The van der Waals surface area contributed by atoms with E-state index in [1.807, 2.05) is 4.90 Å². The number of halogens is 3. The van der Waals surface area contributed by atoms with Crippen LogP contribution in [0.25, 0.3) is 0 Å². The molecule has 1 saturated heterocycles. The van der Waals surface area contributed by atoms with Crippen molar-refractivity contribution in [2.24, 2.45) is 0 Å². The minimum atomic E-state index is -0.585. The van der Waals surface area contributed by atoms with Crippen LogP contribution in [0.2, 0.25) is 5.02 Å². The van der Waals surface area contributed by atoms with Gasteiger partial charge in [-0.15, -0.1) is 0 Å². The number of carbonyl (C=O) groups is 2. The number of nitrogens with zero attached hydrogens (tertiary/aromatic N) is 1. The van der Waals surface area contributed by atoms with Crippen molar-refractivity contribution in [2.75, 3.05) is 38.2 Å². The van der Waals surface area contributed by atoms with Gasteiger partial charge in [-0.3, -0.25) is 14.5 Å². The molecule has 164 valence electrons. The summed E-state index contributed by atoms with van der Waals surface area (Å²) in [6.45, 7) is 2.77. The van der Waals surface area contributed by atoms with Crippen molar-refractivity contribution in [2.45, 2.75) is 18.9 Å². The first-order chi connectivity index (χ1) is 14.9. The Balaban J connectivity index is 1.48. The Hall–Kier alpha value is -2.55. The molecule has 0 bridgehead atoms. The van der Waals surface area contributed by atoms with E-state index in [-0.39, 0.29) is 17.5 Å². The summed E-state index contributed by atoms with van der Waals surface area (Å²) in [6, 6.07) is 6.04. The van der Waals surface area contributed by atoms with E-state index in [0.717, 1.165) is 6.07 Å². The first-order valence-corrected chi connectivity index (χ1v) is 10.5. The van der Waals surface area contributed by atoms with Crippen LogP contribution in [0.3, 0.4) is 0 Å². The van der Waals surface area contributed by atoms with Gasteiger partial charge in [-0.1, -0.05) is 11.6 Å². The number of fused-ring (bicyclic) bond motifs is 1. The van der Waals surface area contributed by atoms with Crippen molar-refractivity contribution >= 4 is 29.1 Å². The number of hydrogen-bond donors (Lipinski definition) is 2. The van der Waals surface area contributed by atoms with Crippen molar-refractivity contribution in [3.8, 4) is 0 Å². The van der Waals surface area contributed by atoms with E-state index in [0.29, 0.717) is 61.5 Å². The number of ether oxygens (including phenoxy) is 1. The molecule has 0 saturated carbocycles. The van der Waals surface area contributed by atoms with Crippen LogP contribution >= 0.6 is 11.6 Å². The SMILES string of the molecule is O=C(CN1CCOCC1)NC1CCc2c(C(=O)Nc3ccc(F)c(Cl)c3)ccc(F)c21. The van der Waals surface area contributed by atoms with Crippen molar-refractivity contribution in [3.63, 3.8) is 0 Å². The summed E-state index contributed by atoms with van der Waals surface area (Å²) in [6.07, 6.45) is 0.969. The summed E-state index contributed by atoms with van der Waals surface area (Å²) < 4.78 is 33.3. The quantitative estimate of drug-likeness (QED) is 0.734. The largest absolute Gasteiger partial charge is 0.379 e. The van der Waals surface area contributed by atoms with Crippen LogP contribution in [0, 0.1) is 11.6 Å². The maximum absolute atomic E-state index is 14.6. The molecular weight excluding hydrogens is 428 g/mol. The van der Waals surface area contributed by atoms with Crippen molar-refractivity contribution in [1.29, 1.82) is 0 Å². The minimum Gasteiger partial charge on any atom is -0.379 e. The highest BCUT2D eigenvalue weighted by atomic mass is 35.5. The number of carbonyl (C=O) groups excluding carboxylic acids is 2. The third-order valence-electron chi connectivity index (χ3n) is 5.56. The maximum Gasteiger partial charge on any atom is 0.255 e. The molecule has 31 heavy (non-hydrogen) atoms. The molecule has 1 heterocycles. The molecule has 0 spiro atoms. The van der Waals surface area contributed by atoms with E-state index >= 15 is 0 Å². The first kappa shape index (κ1) is 21.7. The molecule has 0 aromatic heterocycles. The van der Waals surface area contributed by atoms with Crippen molar-refractivity contribution in [3.05, 3.63) is 63.7 Å². The Bertz CT molecular complexity index is 1010. The van der Waals surface area contributed by atoms with E-state index in [4.69, 9.17) is 16.3 Å². The normalized spacial score (nSPS) is 18.5. The van der Waals surface area contributed by atoms with Gasteiger partial charge in [0.15, 0.2) is 0 Å². The number of nitrogens with one attached hydrogen (secondary N) is 2. The lowest BCUT2D eigenvalue weighted by Gasteiger charge is -2.26. The van der Waals surface area contributed by atoms with Gasteiger partial charge < -0.3 is 15.4 Å². The molecule has 1 unspecified atom stereocenters. The summed E-state index contributed by atoms with van der Waals surface area (Å²) in [5, 5.41) is 5.46. The van der Waals surface area contributed by atoms with Gasteiger partial charge in [-0.25, -0.2) is 8.78 Å². The molecule has 2 N–H and O–H groups in total. The van der Waals surface area contributed by atoms with Crippen LogP contribution in [0.15, 0.2) is 30.3 Å². The van der Waals surface area contributed by atoms with Gasteiger partial charge in [-0.2, -0.15) is 0 Å². The monoisotopic (exact) mass is 449 g/mol. The number of rotatable bonds is 5. The number of anilines is 1. The number of hydrogen-bond acceptors (Lipinski definition) is 4. The fourth-order valence-corrected chi connectivity index (χ4v) is 4.23. The highest BCUT2D eigenvalue weighted by Crippen LogP contribution is 2.36. The summed E-state index contributed by atoms with van der Waals surface area (Å²) >= 11 is 5.77. The predicted octanol–water partition coefficient (Wildman–Crippen LogP) is 3.31. The second-order valence-corrected chi connectivity index (χ2v) is 8.02. The van der Waals surface area contributed by atoms with Crippen LogP contribution in [-0.2, 0) is 16.0 Å². The summed E-state index contributed by atoms with van der Waals surface area (Å²) in [5.74, 6) is -1.67. The molecule has 2 aromatic rings. The Morgan fingerprint density at radius 1 is 1.13 bits per heavy atom. The van der Waals surface area contributed by atoms with Gasteiger partial charge in [0.05, 0.1) is 30.8 Å². The van der Waals surface area contributed by atoms with Crippen LogP contribution in [0.4, 0.5) is 14.5 Å². The molecule has 1 aliphatic carbocycles. The predicted molar refractivity (Wildman–Crippen MR) is 112 cm³/mol. The average Bonchev–Trinajstić information content (AvgIpc) is 3.16. The van der Waals surface area contributed by atoms with Crippen LogP contribution in [0.5, 0.6) is 0 Å². The third kappa shape index (κ3) is 4.87. The van der Waals surface area contributed by atoms with Crippen LogP contribution in [0.1, 0.15) is 33.9 Å². The minimum absolute atomic E-state index is 0.106. The van der Waals surface area contributed by atoms with E-state index < -0.39 is 23.6 Å². The number of morpholine rings is 1. The number of benzene rings is 2. The van der Waals surface area contributed by atoms with Gasteiger partial charge in [0, 0.05) is 29.9 Å². The third-order valence-corrected chi connectivity index (χ3v) is 5.85. The highest BCUT2D eigenvalue weighted by molar-refractivity contribution is 6.31. The summed E-state index contributed by atoms with van der Waals surface area (Å²) in [7, 11) is 0. The molecule has 1 atom stereocenters. The molecule has 2 aliphatic rings. The fraction of sp³-hybridized carbons (Fsp3) is 0.364. The highest BCUT2D eigenvalue weighted by Gasteiger charge is 2.31. The molecular formula is C22H22ClF2N3O3. The zero-order chi connectivity index (χ0) is 22.0.